The first-order valence-corrected chi connectivity index (χ1v) is 5.65. The summed E-state index contributed by atoms with van der Waals surface area (Å²) in [6.07, 6.45) is 1.09. The predicted molar refractivity (Wildman–Crippen MR) is 53.7 cm³/mol. The van der Waals surface area contributed by atoms with Crippen molar-refractivity contribution < 1.29 is 4.74 Å². The fraction of sp³-hybridized carbons (Fsp3) is 1.00. The van der Waals surface area contributed by atoms with Gasteiger partial charge in [0.15, 0.2) is 0 Å². The SMILES string of the molecule is [B][C@@H]1O[C@@]2(CC)C(C)SC1[C@H]2C. The molecular formula is C9H15BOS. The minimum absolute atomic E-state index is 0.0267. The van der Waals surface area contributed by atoms with Crippen LogP contribution in [0.4, 0.5) is 0 Å². The topological polar surface area (TPSA) is 9.23 Å². The molecule has 2 rings (SSSR count). The molecule has 0 amide bonds. The summed E-state index contributed by atoms with van der Waals surface area (Å²) in [7, 11) is 5.89. The molecule has 1 nitrogen and oxygen atoms in total. The van der Waals surface area contributed by atoms with E-state index >= 15 is 0 Å². The minimum Gasteiger partial charge on any atom is -0.379 e. The quantitative estimate of drug-likeness (QED) is 0.572. The molecule has 2 radical (unpaired) electrons. The minimum atomic E-state index is -0.0267. The molecule has 0 aromatic heterocycles. The van der Waals surface area contributed by atoms with E-state index in [0.717, 1.165) is 6.42 Å². The zero-order valence-corrected chi connectivity index (χ0v) is 8.73. The highest BCUT2D eigenvalue weighted by Gasteiger charge is 2.59. The van der Waals surface area contributed by atoms with Crippen LogP contribution in [0.25, 0.3) is 0 Å². The number of ether oxygens (including phenoxy) is 1. The summed E-state index contributed by atoms with van der Waals surface area (Å²) in [5.74, 6) is 0.623. The first-order valence-electron chi connectivity index (χ1n) is 4.70. The summed E-state index contributed by atoms with van der Waals surface area (Å²) in [5.41, 5.74) is 0.0781. The molecule has 66 valence electrons. The fourth-order valence-corrected chi connectivity index (χ4v) is 4.51. The van der Waals surface area contributed by atoms with E-state index in [1.54, 1.807) is 0 Å². The lowest BCUT2D eigenvalue weighted by Crippen LogP contribution is -2.41. The summed E-state index contributed by atoms with van der Waals surface area (Å²) < 4.78 is 5.88. The van der Waals surface area contributed by atoms with Crippen LogP contribution in [0.1, 0.15) is 27.2 Å². The maximum absolute atomic E-state index is 5.89. The summed E-state index contributed by atoms with van der Waals surface area (Å²) in [6, 6.07) is -0.0267. The van der Waals surface area contributed by atoms with E-state index < -0.39 is 0 Å². The zero-order chi connectivity index (χ0) is 8.93. The van der Waals surface area contributed by atoms with Crippen molar-refractivity contribution in [3.8, 4) is 0 Å². The number of rotatable bonds is 1. The highest BCUT2D eigenvalue weighted by atomic mass is 32.2. The van der Waals surface area contributed by atoms with Crippen LogP contribution in [-0.2, 0) is 4.74 Å². The van der Waals surface area contributed by atoms with Crippen molar-refractivity contribution in [1.29, 1.82) is 0 Å². The van der Waals surface area contributed by atoms with Crippen LogP contribution < -0.4 is 0 Å². The van der Waals surface area contributed by atoms with Crippen molar-refractivity contribution in [2.75, 3.05) is 0 Å². The van der Waals surface area contributed by atoms with Gasteiger partial charge in [0.2, 0.25) is 0 Å². The van der Waals surface area contributed by atoms with Gasteiger partial charge in [-0.15, -0.1) is 0 Å². The normalized spacial score (nSPS) is 57.9. The Morgan fingerprint density at radius 2 is 2.17 bits per heavy atom. The molecule has 2 unspecified atom stereocenters. The van der Waals surface area contributed by atoms with Gasteiger partial charge in [0.05, 0.1) is 5.60 Å². The standard InChI is InChI=1S/C9H15BOS/c1-4-9-5(2)7(8(10)11-9)12-6(9)3/h5-8H,4H2,1-3H3/t5-,6?,7?,8-,9-/m1/s1. The lowest BCUT2D eigenvalue weighted by molar-refractivity contribution is -0.0332. The second kappa shape index (κ2) is 2.68. The van der Waals surface area contributed by atoms with E-state index in [1.165, 1.54) is 0 Å². The Bertz CT molecular complexity index is 199. The van der Waals surface area contributed by atoms with Crippen LogP contribution >= 0.6 is 11.8 Å². The Morgan fingerprint density at radius 3 is 2.50 bits per heavy atom. The Kier molecular flexibility index (Phi) is 2.00. The van der Waals surface area contributed by atoms with Crippen molar-refractivity contribution in [3.05, 3.63) is 0 Å². The van der Waals surface area contributed by atoms with Crippen molar-refractivity contribution in [2.24, 2.45) is 5.92 Å². The van der Waals surface area contributed by atoms with E-state index in [4.69, 9.17) is 12.6 Å². The fourth-order valence-electron chi connectivity index (χ4n) is 2.70. The van der Waals surface area contributed by atoms with Gasteiger partial charge < -0.3 is 4.74 Å². The zero-order valence-electron chi connectivity index (χ0n) is 7.91. The molecule has 0 N–H and O–H groups in total. The van der Waals surface area contributed by atoms with Gasteiger partial charge in [0, 0.05) is 16.5 Å². The molecule has 2 heterocycles. The van der Waals surface area contributed by atoms with Gasteiger partial charge in [-0.25, -0.2) is 0 Å². The van der Waals surface area contributed by atoms with Crippen LogP contribution in [0, 0.1) is 5.92 Å². The lowest BCUT2D eigenvalue weighted by atomic mass is 9.82. The summed E-state index contributed by atoms with van der Waals surface area (Å²) in [5, 5.41) is 1.14. The Balaban J connectivity index is 2.30. The third kappa shape index (κ3) is 0.870. The van der Waals surface area contributed by atoms with Crippen LogP contribution in [0.5, 0.6) is 0 Å². The second-order valence-electron chi connectivity index (χ2n) is 3.92. The van der Waals surface area contributed by atoms with Gasteiger partial charge in [-0.05, 0) is 12.3 Å². The third-order valence-electron chi connectivity index (χ3n) is 3.54. The highest BCUT2D eigenvalue weighted by molar-refractivity contribution is 8.01. The molecular weight excluding hydrogens is 167 g/mol. The van der Waals surface area contributed by atoms with Crippen molar-refractivity contribution in [3.63, 3.8) is 0 Å². The molecule has 3 heteroatoms. The van der Waals surface area contributed by atoms with E-state index in [-0.39, 0.29) is 11.6 Å². The van der Waals surface area contributed by atoms with Crippen molar-refractivity contribution >= 4 is 19.6 Å². The maximum Gasteiger partial charge on any atom is 0.110 e. The lowest BCUT2D eigenvalue weighted by Gasteiger charge is -2.35. The van der Waals surface area contributed by atoms with Crippen LogP contribution in [0.15, 0.2) is 0 Å². The maximum atomic E-state index is 5.89. The highest BCUT2D eigenvalue weighted by Crippen LogP contribution is 2.56. The monoisotopic (exact) mass is 182 g/mol. The van der Waals surface area contributed by atoms with Crippen LogP contribution in [-0.4, -0.2) is 30.0 Å². The molecule has 0 aliphatic carbocycles. The number of thioether (sulfide) groups is 1. The second-order valence-corrected chi connectivity index (χ2v) is 5.45. The van der Waals surface area contributed by atoms with Gasteiger partial charge in [-0.2, -0.15) is 11.8 Å². The van der Waals surface area contributed by atoms with Gasteiger partial charge in [-0.3, -0.25) is 0 Å². The first kappa shape index (κ1) is 8.95. The van der Waals surface area contributed by atoms with Gasteiger partial charge in [0.25, 0.3) is 0 Å². The molecule has 0 saturated carbocycles. The smallest absolute Gasteiger partial charge is 0.110 e. The number of hydrogen-bond donors (Lipinski definition) is 0. The molecule has 0 spiro atoms. The van der Waals surface area contributed by atoms with Gasteiger partial charge in [0.1, 0.15) is 7.85 Å². The van der Waals surface area contributed by atoms with Crippen molar-refractivity contribution in [2.45, 2.75) is 49.3 Å². The van der Waals surface area contributed by atoms with Gasteiger partial charge >= 0.3 is 0 Å². The predicted octanol–water partition coefficient (Wildman–Crippen LogP) is 1.80. The Morgan fingerprint density at radius 1 is 1.50 bits per heavy atom. The van der Waals surface area contributed by atoms with Crippen molar-refractivity contribution in [1.82, 2.24) is 0 Å². The molecule has 2 saturated heterocycles. The molecule has 2 aliphatic heterocycles. The average molecular weight is 182 g/mol. The molecule has 0 aromatic carbocycles. The average Bonchev–Trinajstić information content (AvgIpc) is 2.41. The Hall–Kier alpha value is 0.375. The van der Waals surface area contributed by atoms with Gasteiger partial charge in [-0.1, -0.05) is 20.8 Å². The van der Waals surface area contributed by atoms with E-state index in [2.05, 4.69) is 20.8 Å². The van der Waals surface area contributed by atoms with E-state index in [9.17, 15) is 0 Å². The molecule has 0 aromatic rings. The number of hydrogen-bond acceptors (Lipinski definition) is 2. The Labute approximate surface area is 80.0 Å². The third-order valence-corrected chi connectivity index (χ3v) is 5.34. The largest absolute Gasteiger partial charge is 0.379 e. The van der Waals surface area contributed by atoms with Crippen LogP contribution in [0.2, 0.25) is 0 Å². The van der Waals surface area contributed by atoms with Crippen LogP contribution in [0.3, 0.4) is 0 Å². The summed E-state index contributed by atoms with van der Waals surface area (Å²) in [6.45, 7) is 6.74. The summed E-state index contributed by atoms with van der Waals surface area (Å²) >= 11 is 2.00. The molecule has 5 atom stereocenters. The summed E-state index contributed by atoms with van der Waals surface area (Å²) in [4.78, 5) is 0. The number of fused-ring (bicyclic) bond motifs is 2. The molecule has 2 fully saturated rings. The van der Waals surface area contributed by atoms with E-state index in [0.29, 0.717) is 16.4 Å². The molecule has 2 aliphatic rings. The van der Waals surface area contributed by atoms with E-state index in [1.807, 2.05) is 11.8 Å². The first-order chi connectivity index (χ1) is 5.62. The molecule has 2 bridgehead atoms. The molecule has 12 heavy (non-hydrogen) atoms.